The van der Waals surface area contributed by atoms with E-state index in [0.717, 1.165) is 16.7 Å². The zero-order valence-electron chi connectivity index (χ0n) is 19.4. The zero-order valence-corrected chi connectivity index (χ0v) is 21.2. The van der Waals surface area contributed by atoms with E-state index in [9.17, 15) is 13.0 Å². The number of benzene rings is 1. The molecule has 0 aliphatic heterocycles. The molecular formula is C22H39NO4PS+. The fourth-order valence-electron chi connectivity index (χ4n) is 3.28. The van der Waals surface area contributed by atoms with Gasteiger partial charge in [0.15, 0.2) is 0 Å². The van der Waals surface area contributed by atoms with Crippen molar-refractivity contribution in [3.05, 3.63) is 28.8 Å². The van der Waals surface area contributed by atoms with Crippen molar-refractivity contribution in [3.8, 4) is 0 Å². The topological polar surface area (TPSA) is 72.5 Å². The highest BCUT2D eigenvalue weighted by Crippen LogP contribution is 2.37. The first-order valence-electron chi connectivity index (χ1n) is 10.6. The van der Waals surface area contributed by atoms with Gasteiger partial charge in [0, 0.05) is 6.42 Å². The summed E-state index contributed by atoms with van der Waals surface area (Å²) in [5.74, 6) is -0.181. The Balaban J connectivity index is 3.60. The molecule has 0 aliphatic rings. The van der Waals surface area contributed by atoms with Crippen molar-refractivity contribution in [3.63, 3.8) is 0 Å². The predicted molar refractivity (Wildman–Crippen MR) is 122 cm³/mol. The third kappa shape index (κ3) is 7.13. The summed E-state index contributed by atoms with van der Waals surface area (Å²) in [5, 5.41) is 0. The van der Waals surface area contributed by atoms with Crippen molar-refractivity contribution in [2.75, 3.05) is 6.61 Å². The van der Waals surface area contributed by atoms with E-state index in [1.807, 2.05) is 53.7 Å². The SMILES string of the molecule is CCO[P+](=O)[C@H](CC(C)C)NS(=O)(=O)c1c(C(C)C)cc(C(C)C)cc1C(C)C. The lowest BCUT2D eigenvalue weighted by Gasteiger charge is -2.23. The second kappa shape index (κ2) is 11.0. The molecule has 0 aliphatic carbocycles. The maximum Gasteiger partial charge on any atom is 0.528 e. The van der Waals surface area contributed by atoms with Crippen LogP contribution in [0, 0.1) is 5.92 Å². The summed E-state index contributed by atoms with van der Waals surface area (Å²) in [7, 11) is -6.01. The summed E-state index contributed by atoms with van der Waals surface area (Å²) in [6.07, 6.45) is 0.451. The minimum Gasteiger partial charge on any atom is -0.207 e. The molecule has 0 aromatic heterocycles. The molecule has 0 heterocycles. The fraction of sp³-hybridized carbons (Fsp3) is 0.727. The molecule has 0 spiro atoms. The van der Waals surface area contributed by atoms with Gasteiger partial charge >= 0.3 is 8.03 Å². The van der Waals surface area contributed by atoms with Gasteiger partial charge in [-0.2, -0.15) is 4.72 Å². The minimum atomic E-state index is -3.88. The predicted octanol–water partition coefficient (Wildman–Crippen LogP) is 6.49. The van der Waals surface area contributed by atoms with Crippen LogP contribution in [0.5, 0.6) is 0 Å². The van der Waals surface area contributed by atoms with E-state index in [-0.39, 0.29) is 24.4 Å². The van der Waals surface area contributed by atoms with Crippen LogP contribution in [0.3, 0.4) is 0 Å². The second-order valence-electron chi connectivity index (χ2n) is 8.96. The molecule has 29 heavy (non-hydrogen) atoms. The largest absolute Gasteiger partial charge is 0.528 e. The molecule has 1 unspecified atom stereocenters. The van der Waals surface area contributed by atoms with E-state index in [1.165, 1.54) is 0 Å². The maximum atomic E-state index is 13.6. The molecule has 1 aromatic carbocycles. The summed E-state index contributed by atoms with van der Waals surface area (Å²) in [6.45, 7) is 18.3. The smallest absolute Gasteiger partial charge is 0.207 e. The Morgan fingerprint density at radius 1 is 0.931 bits per heavy atom. The van der Waals surface area contributed by atoms with Crippen LogP contribution >= 0.6 is 8.03 Å². The van der Waals surface area contributed by atoms with Crippen LogP contribution in [0.1, 0.15) is 103 Å². The van der Waals surface area contributed by atoms with Gasteiger partial charge in [0.05, 0.1) is 11.5 Å². The number of hydrogen-bond donors (Lipinski definition) is 1. The van der Waals surface area contributed by atoms with Gasteiger partial charge in [-0.15, -0.1) is 4.52 Å². The molecule has 0 amide bonds. The summed E-state index contributed by atoms with van der Waals surface area (Å²) < 4.78 is 47.7. The maximum absolute atomic E-state index is 13.6. The van der Waals surface area contributed by atoms with E-state index >= 15 is 0 Å². The molecule has 166 valence electrons. The molecule has 7 heteroatoms. The van der Waals surface area contributed by atoms with Crippen molar-refractivity contribution in [1.29, 1.82) is 0 Å². The molecule has 1 rings (SSSR count). The number of nitrogens with one attached hydrogen (secondary N) is 1. The minimum absolute atomic E-state index is 0.0435. The molecule has 5 nitrogen and oxygen atoms in total. The fourth-order valence-corrected chi connectivity index (χ4v) is 6.85. The van der Waals surface area contributed by atoms with Crippen molar-refractivity contribution in [2.24, 2.45) is 5.92 Å². The number of sulfonamides is 1. The molecule has 1 N–H and O–H groups in total. The molecule has 0 bridgehead atoms. The Labute approximate surface area is 178 Å². The van der Waals surface area contributed by atoms with Gasteiger partial charge in [-0.25, -0.2) is 8.42 Å². The van der Waals surface area contributed by atoms with Crippen LogP contribution in [0.15, 0.2) is 17.0 Å². The molecule has 0 radical (unpaired) electrons. The van der Waals surface area contributed by atoms with Crippen LogP contribution in [0.2, 0.25) is 0 Å². The third-order valence-corrected chi connectivity index (χ3v) is 7.98. The quantitative estimate of drug-likeness (QED) is 0.396. The second-order valence-corrected chi connectivity index (χ2v) is 12.1. The van der Waals surface area contributed by atoms with Gasteiger partial charge in [0.2, 0.25) is 10.0 Å². The monoisotopic (exact) mass is 444 g/mol. The van der Waals surface area contributed by atoms with Crippen LogP contribution in [-0.2, 0) is 19.1 Å². The standard InChI is InChI=1S/C22H39NO4PS/c1-10-27-28(24)21(11-14(2)3)23-29(25,26)22-19(16(6)7)12-18(15(4)5)13-20(22)17(8)9/h12-17,21,23H,10-11H2,1-9H3/q+1/t21-/m1/s1. The van der Waals surface area contributed by atoms with Crippen LogP contribution < -0.4 is 4.72 Å². The summed E-state index contributed by atoms with van der Waals surface area (Å²) in [4.78, 5) is 0.334. The Morgan fingerprint density at radius 3 is 1.76 bits per heavy atom. The highest BCUT2D eigenvalue weighted by Gasteiger charge is 2.39. The van der Waals surface area contributed by atoms with Gasteiger partial charge < -0.3 is 0 Å². The van der Waals surface area contributed by atoms with E-state index in [0.29, 0.717) is 17.2 Å². The van der Waals surface area contributed by atoms with Crippen LogP contribution in [0.4, 0.5) is 0 Å². The molecular weight excluding hydrogens is 405 g/mol. The average molecular weight is 445 g/mol. The van der Waals surface area contributed by atoms with E-state index in [4.69, 9.17) is 4.52 Å². The Morgan fingerprint density at radius 2 is 1.41 bits per heavy atom. The van der Waals surface area contributed by atoms with E-state index in [2.05, 4.69) is 18.6 Å². The molecule has 0 fully saturated rings. The van der Waals surface area contributed by atoms with Gasteiger partial charge in [-0.3, -0.25) is 0 Å². The van der Waals surface area contributed by atoms with Crippen LogP contribution in [-0.4, -0.2) is 20.8 Å². The Hall–Kier alpha value is -0.810. The number of hydrogen-bond acceptors (Lipinski definition) is 4. The van der Waals surface area contributed by atoms with Gasteiger partial charge in [0.25, 0.3) is 5.78 Å². The lowest BCUT2D eigenvalue weighted by atomic mass is 9.89. The highest BCUT2D eigenvalue weighted by atomic mass is 32.2. The molecule has 1 aromatic rings. The summed E-state index contributed by atoms with van der Waals surface area (Å²) in [5.41, 5.74) is 2.75. The summed E-state index contributed by atoms with van der Waals surface area (Å²) >= 11 is 0. The van der Waals surface area contributed by atoms with Gasteiger partial charge in [-0.05, 0) is 51.9 Å². The van der Waals surface area contributed by atoms with Gasteiger partial charge in [-0.1, -0.05) is 67.5 Å². The highest BCUT2D eigenvalue weighted by molar-refractivity contribution is 7.89. The van der Waals surface area contributed by atoms with Crippen molar-refractivity contribution in [2.45, 2.75) is 97.2 Å². The lowest BCUT2D eigenvalue weighted by Crippen LogP contribution is -2.35. The molecule has 0 saturated carbocycles. The number of rotatable bonds is 11. The summed E-state index contributed by atoms with van der Waals surface area (Å²) in [6, 6.07) is 4.02. The first-order chi connectivity index (χ1) is 13.3. The normalized spacial score (nSPS) is 14.3. The zero-order chi connectivity index (χ0) is 22.5. The molecule has 0 saturated heterocycles. The van der Waals surface area contributed by atoms with Crippen LogP contribution in [0.25, 0.3) is 0 Å². The van der Waals surface area contributed by atoms with E-state index < -0.39 is 23.8 Å². The van der Waals surface area contributed by atoms with Gasteiger partial charge in [0.1, 0.15) is 0 Å². The lowest BCUT2D eigenvalue weighted by molar-refractivity contribution is 0.335. The van der Waals surface area contributed by atoms with Crippen molar-refractivity contribution in [1.82, 2.24) is 4.72 Å². The Kier molecular flexibility index (Phi) is 9.94. The first kappa shape index (κ1) is 26.2. The first-order valence-corrected chi connectivity index (χ1v) is 13.3. The molecule has 2 atom stereocenters. The third-order valence-electron chi connectivity index (χ3n) is 4.84. The van der Waals surface area contributed by atoms with E-state index in [1.54, 1.807) is 6.92 Å². The van der Waals surface area contributed by atoms with Crippen molar-refractivity contribution >= 4 is 18.1 Å². The van der Waals surface area contributed by atoms with Crippen molar-refractivity contribution < 1.29 is 17.5 Å². The average Bonchev–Trinajstić information content (AvgIpc) is 2.59. The Bertz CT molecular complexity index is 772.